The first kappa shape index (κ1) is 23.3. The third-order valence-electron chi connectivity index (χ3n) is 5.07. The number of aromatic nitrogens is 1. The lowest BCUT2D eigenvalue weighted by atomic mass is 10.00. The van der Waals surface area contributed by atoms with Crippen LogP contribution >= 0.6 is 35.6 Å². The summed E-state index contributed by atoms with van der Waals surface area (Å²) in [5.41, 5.74) is 1.26. The molecule has 4 rings (SSSR count). The van der Waals surface area contributed by atoms with Gasteiger partial charge in [0.2, 0.25) is 0 Å². The van der Waals surface area contributed by atoms with E-state index in [9.17, 15) is 9.59 Å². The molecule has 0 saturated carbocycles. The second-order valence-electron chi connectivity index (χ2n) is 6.89. The second kappa shape index (κ2) is 9.87. The van der Waals surface area contributed by atoms with Gasteiger partial charge in [0.15, 0.2) is 22.9 Å². The van der Waals surface area contributed by atoms with Gasteiger partial charge in [0.05, 0.1) is 17.2 Å². The molecular weight excluding hydrogens is 465 g/mol. The molecular formula is C21H20Cl3N3O4. The van der Waals surface area contributed by atoms with E-state index in [4.69, 9.17) is 32.4 Å². The summed E-state index contributed by atoms with van der Waals surface area (Å²) in [7, 11) is 1.51. The number of pyridine rings is 1. The Morgan fingerprint density at radius 2 is 1.87 bits per heavy atom. The smallest absolute Gasteiger partial charge is 0.289 e. The Kier molecular flexibility index (Phi) is 7.43. The van der Waals surface area contributed by atoms with Gasteiger partial charge in [0, 0.05) is 61.5 Å². The van der Waals surface area contributed by atoms with Crippen LogP contribution in [0.5, 0.6) is 5.75 Å². The Labute approximate surface area is 195 Å². The number of carbonyl (C=O) groups is 2. The van der Waals surface area contributed by atoms with Crippen molar-refractivity contribution in [3.05, 3.63) is 57.5 Å². The predicted molar refractivity (Wildman–Crippen MR) is 121 cm³/mol. The molecule has 1 aliphatic heterocycles. The van der Waals surface area contributed by atoms with Gasteiger partial charge in [0.1, 0.15) is 0 Å². The first-order valence-electron chi connectivity index (χ1n) is 9.41. The predicted octanol–water partition coefficient (Wildman–Crippen LogP) is 4.04. The number of halogens is 3. The summed E-state index contributed by atoms with van der Waals surface area (Å²) < 4.78 is 11.2. The molecule has 164 valence electrons. The van der Waals surface area contributed by atoms with E-state index in [2.05, 4.69) is 10.3 Å². The number of fused-ring (bicyclic) bond motifs is 1. The normalized spacial score (nSPS) is 13.7. The van der Waals surface area contributed by atoms with Crippen LogP contribution in [0.2, 0.25) is 10.0 Å². The molecule has 0 radical (unpaired) electrons. The van der Waals surface area contributed by atoms with E-state index >= 15 is 0 Å². The van der Waals surface area contributed by atoms with E-state index in [-0.39, 0.29) is 36.3 Å². The Morgan fingerprint density at radius 3 is 2.52 bits per heavy atom. The van der Waals surface area contributed by atoms with Gasteiger partial charge in [-0.05, 0) is 18.2 Å². The number of methoxy groups -OCH3 is 1. The highest BCUT2D eigenvalue weighted by atomic mass is 35.5. The minimum absolute atomic E-state index is 0. The molecule has 0 unspecified atom stereocenters. The third kappa shape index (κ3) is 4.65. The van der Waals surface area contributed by atoms with Crippen molar-refractivity contribution in [2.45, 2.75) is 6.42 Å². The van der Waals surface area contributed by atoms with Crippen LogP contribution in [0.25, 0.3) is 11.0 Å². The maximum Gasteiger partial charge on any atom is 0.289 e. The number of hydrogen-bond donors (Lipinski definition) is 1. The van der Waals surface area contributed by atoms with Gasteiger partial charge in [-0.1, -0.05) is 23.2 Å². The standard InChI is InChI=1S/C21H19Cl2N3O4.ClH/c1-29-18-3-2-12(17(27)8-14-15(22)10-25-11-16(14)23)13-9-19(30-20(13)18)21(28)26-6-4-24-5-7-26;/h2-3,9-11,24H,4-8H2,1H3;1H. The molecule has 1 aliphatic rings. The molecule has 0 aliphatic carbocycles. The number of ether oxygens (including phenoxy) is 1. The SMILES string of the molecule is COc1ccc(C(=O)Cc2c(Cl)cncc2Cl)c2cc(C(=O)N3CCNCC3)oc12.Cl. The fourth-order valence-electron chi connectivity index (χ4n) is 3.49. The number of Topliss-reactive ketones (excluding diaryl/α,β-unsaturated/α-hetero) is 1. The van der Waals surface area contributed by atoms with Crippen molar-refractivity contribution in [1.82, 2.24) is 15.2 Å². The largest absolute Gasteiger partial charge is 0.493 e. The highest BCUT2D eigenvalue weighted by Crippen LogP contribution is 2.33. The van der Waals surface area contributed by atoms with Crippen LogP contribution in [0.15, 0.2) is 35.0 Å². The summed E-state index contributed by atoms with van der Waals surface area (Å²) in [5, 5.41) is 4.36. The Balaban J connectivity index is 0.00000272. The van der Waals surface area contributed by atoms with E-state index in [1.165, 1.54) is 19.5 Å². The zero-order valence-electron chi connectivity index (χ0n) is 16.6. The molecule has 0 bridgehead atoms. The molecule has 0 atom stereocenters. The number of hydrogen-bond acceptors (Lipinski definition) is 6. The lowest BCUT2D eigenvalue weighted by molar-refractivity contribution is 0.0706. The van der Waals surface area contributed by atoms with Crippen LogP contribution in [-0.2, 0) is 6.42 Å². The van der Waals surface area contributed by atoms with Crippen LogP contribution in [0.4, 0.5) is 0 Å². The number of furan rings is 1. The molecule has 31 heavy (non-hydrogen) atoms. The lowest BCUT2D eigenvalue weighted by Gasteiger charge is -2.26. The van der Waals surface area contributed by atoms with Crippen LogP contribution in [0, 0.1) is 0 Å². The Hall–Kier alpha value is -2.32. The molecule has 7 nitrogen and oxygen atoms in total. The van der Waals surface area contributed by atoms with Crippen molar-refractivity contribution in [2.75, 3.05) is 33.3 Å². The van der Waals surface area contributed by atoms with E-state index in [0.717, 1.165) is 13.1 Å². The van der Waals surface area contributed by atoms with Gasteiger partial charge in [-0.25, -0.2) is 0 Å². The van der Waals surface area contributed by atoms with Gasteiger partial charge in [-0.15, -0.1) is 12.4 Å². The molecule has 1 fully saturated rings. The Morgan fingerprint density at radius 1 is 1.19 bits per heavy atom. The van der Waals surface area contributed by atoms with Crippen molar-refractivity contribution >= 4 is 58.3 Å². The number of amides is 1. The monoisotopic (exact) mass is 483 g/mol. The number of benzene rings is 1. The van der Waals surface area contributed by atoms with Gasteiger partial charge in [-0.2, -0.15) is 0 Å². The van der Waals surface area contributed by atoms with Crippen molar-refractivity contribution in [3.8, 4) is 5.75 Å². The van der Waals surface area contributed by atoms with Gasteiger partial charge >= 0.3 is 0 Å². The summed E-state index contributed by atoms with van der Waals surface area (Å²) >= 11 is 12.3. The van der Waals surface area contributed by atoms with E-state index in [1.807, 2.05) is 0 Å². The van der Waals surface area contributed by atoms with Crippen molar-refractivity contribution in [3.63, 3.8) is 0 Å². The molecule has 1 saturated heterocycles. The zero-order chi connectivity index (χ0) is 21.3. The first-order valence-corrected chi connectivity index (χ1v) is 10.2. The number of ketones is 1. The first-order chi connectivity index (χ1) is 14.5. The molecule has 10 heteroatoms. The number of nitrogens with zero attached hydrogens (tertiary/aromatic N) is 2. The molecule has 1 amide bonds. The van der Waals surface area contributed by atoms with E-state index in [1.54, 1.807) is 23.1 Å². The van der Waals surface area contributed by atoms with Crippen molar-refractivity contribution in [1.29, 1.82) is 0 Å². The average molecular weight is 485 g/mol. The number of carbonyl (C=O) groups excluding carboxylic acids is 2. The fraction of sp³-hybridized carbons (Fsp3) is 0.286. The van der Waals surface area contributed by atoms with E-state index < -0.39 is 0 Å². The van der Waals surface area contributed by atoms with Crippen LogP contribution < -0.4 is 10.1 Å². The summed E-state index contributed by atoms with van der Waals surface area (Å²) in [6, 6.07) is 4.90. The summed E-state index contributed by atoms with van der Waals surface area (Å²) in [5.74, 6) is 0.194. The highest BCUT2D eigenvalue weighted by molar-refractivity contribution is 6.36. The van der Waals surface area contributed by atoms with Crippen LogP contribution in [0.3, 0.4) is 0 Å². The highest BCUT2D eigenvalue weighted by Gasteiger charge is 2.25. The minimum Gasteiger partial charge on any atom is -0.493 e. The summed E-state index contributed by atoms with van der Waals surface area (Å²) in [6.45, 7) is 2.65. The Bertz CT molecular complexity index is 1110. The third-order valence-corrected chi connectivity index (χ3v) is 5.72. The average Bonchev–Trinajstić information content (AvgIpc) is 3.21. The van der Waals surface area contributed by atoms with Crippen LogP contribution in [-0.4, -0.2) is 54.9 Å². The number of rotatable bonds is 5. The fourth-order valence-corrected chi connectivity index (χ4v) is 3.99. The van der Waals surface area contributed by atoms with Gasteiger partial charge in [0.25, 0.3) is 5.91 Å². The summed E-state index contributed by atoms with van der Waals surface area (Å²) in [6.07, 6.45) is 2.89. The van der Waals surface area contributed by atoms with Crippen LogP contribution in [0.1, 0.15) is 26.5 Å². The zero-order valence-corrected chi connectivity index (χ0v) is 18.9. The molecule has 2 aromatic heterocycles. The van der Waals surface area contributed by atoms with E-state index in [0.29, 0.717) is 51.0 Å². The van der Waals surface area contributed by atoms with Crippen molar-refractivity contribution in [2.24, 2.45) is 0 Å². The minimum atomic E-state index is -0.214. The maximum absolute atomic E-state index is 13.1. The quantitative estimate of drug-likeness (QED) is 0.550. The number of piperazine rings is 1. The van der Waals surface area contributed by atoms with Crippen molar-refractivity contribution < 1.29 is 18.7 Å². The van der Waals surface area contributed by atoms with Gasteiger partial charge in [-0.3, -0.25) is 14.6 Å². The number of nitrogens with one attached hydrogen (secondary N) is 1. The molecule has 0 spiro atoms. The lowest BCUT2D eigenvalue weighted by Crippen LogP contribution is -2.46. The molecule has 3 heterocycles. The molecule has 1 aromatic carbocycles. The van der Waals surface area contributed by atoms with Gasteiger partial charge < -0.3 is 19.4 Å². The maximum atomic E-state index is 13.1. The molecule has 1 N–H and O–H groups in total. The molecule has 3 aromatic rings. The second-order valence-corrected chi connectivity index (χ2v) is 7.71. The topological polar surface area (TPSA) is 84.7 Å². The summed E-state index contributed by atoms with van der Waals surface area (Å²) in [4.78, 5) is 31.6.